The minimum Gasteiger partial charge on any atom is -0.390 e. The van der Waals surface area contributed by atoms with E-state index in [2.05, 4.69) is 13.5 Å². The van der Waals surface area contributed by atoms with Crippen LogP contribution in [0.15, 0.2) is 12.2 Å². The van der Waals surface area contributed by atoms with Crippen LogP contribution in [0.1, 0.15) is 45.4 Å². The van der Waals surface area contributed by atoms with Gasteiger partial charge in [-0.05, 0) is 25.7 Å². The van der Waals surface area contributed by atoms with Crippen LogP contribution in [0.3, 0.4) is 0 Å². The highest BCUT2D eigenvalue weighted by molar-refractivity contribution is 5.07. The average molecular weight is 184 g/mol. The van der Waals surface area contributed by atoms with Crippen LogP contribution in [0, 0.1) is 0 Å². The number of hydrogen-bond acceptors (Lipinski definition) is 2. The SMILES string of the molecule is C=C1CCC(O)(CCCC)C(O)C1. The number of rotatable bonds is 3. The van der Waals surface area contributed by atoms with Gasteiger partial charge in [0, 0.05) is 0 Å². The third-order valence-corrected chi connectivity index (χ3v) is 2.98. The molecule has 13 heavy (non-hydrogen) atoms. The first-order valence-electron chi connectivity index (χ1n) is 5.15. The van der Waals surface area contributed by atoms with Crippen molar-refractivity contribution in [1.82, 2.24) is 0 Å². The van der Waals surface area contributed by atoms with E-state index in [1.807, 2.05) is 0 Å². The van der Waals surface area contributed by atoms with Crippen LogP contribution in [0.25, 0.3) is 0 Å². The van der Waals surface area contributed by atoms with Crippen molar-refractivity contribution >= 4 is 0 Å². The molecule has 0 amide bonds. The van der Waals surface area contributed by atoms with Gasteiger partial charge in [-0.15, -0.1) is 0 Å². The van der Waals surface area contributed by atoms with Gasteiger partial charge in [0.2, 0.25) is 0 Å². The van der Waals surface area contributed by atoms with Gasteiger partial charge in [0.25, 0.3) is 0 Å². The number of hydrogen-bond donors (Lipinski definition) is 2. The Morgan fingerprint density at radius 1 is 1.62 bits per heavy atom. The van der Waals surface area contributed by atoms with Crippen LogP contribution in [-0.2, 0) is 0 Å². The Hall–Kier alpha value is -0.340. The lowest BCUT2D eigenvalue weighted by Gasteiger charge is -2.37. The predicted octanol–water partition coefficient (Wildman–Crippen LogP) is 2.01. The fourth-order valence-electron chi connectivity index (χ4n) is 1.90. The molecule has 2 heteroatoms. The maximum Gasteiger partial charge on any atom is 0.0911 e. The molecule has 0 spiro atoms. The zero-order chi connectivity index (χ0) is 9.90. The Labute approximate surface area is 80.3 Å². The highest BCUT2D eigenvalue weighted by atomic mass is 16.3. The fourth-order valence-corrected chi connectivity index (χ4v) is 1.90. The Kier molecular flexibility index (Phi) is 3.51. The molecule has 2 N–H and O–H groups in total. The van der Waals surface area contributed by atoms with Gasteiger partial charge in [-0.1, -0.05) is 31.9 Å². The van der Waals surface area contributed by atoms with Gasteiger partial charge in [-0.3, -0.25) is 0 Å². The van der Waals surface area contributed by atoms with Crippen LogP contribution < -0.4 is 0 Å². The summed E-state index contributed by atoms with van der Waals surface area (Å²) in [6.07, 6.45) is 4.28. The summed E-state index contributed by atoms with van der Waals surface area (Å²) >= 11 is 0. The van der Waals surface area contributed by atoms with E-state index in [0.29, 0.717) is 12.8 Å². The lowest BCUT2D eigenvalue weighted by Crippen LogP contribution is -2.45. The summed E-state index contributed by atoms with van der Waals surface area (Å²) in [6, 6.07) is 0. The molecule has 1 aliphatic rings. The minimum atomic E-state index is -0.836. The first kappa shape index (κ1) is 10.7. The maximum atomic E-state index is 10.1. The Bertz CT molecular complexity index is 189. The lowest BCUT2D eigenvalue weighted by atomic mass is 9.77. The highest BCUT2D eigenvalue weighted by Crippen LogP contribution is 2.34. The van der Waals surface area contributed by atoms with Gasteiger partial charge >= 0.3 is 0 Å². The zero-order valence-electron chi connectivity index (χ0n) is 8.42. The minimum absolute atomic E-state index is 0.570. The van der Waals surface area contributed by atoms with Crippen LogP contribution in [0.5, 0.6) is 0 Å². The summed E-state index contributed by atoms with van der Waals surface area (Å²) in [5.41, 5.74) is 0.227. The zero-order valence-corrected chi connectivity index (χ0v) is 8.42. The van der Waals surface area contributed by atoms with Crippen LogP contribution in [-0.4, -0.2) is 21.9 Å². The molecule has 1 saturated carbocycles. The predicted molar refractivity (Wildman–Crippen MR) is 53.5 cm³/mol. The molecule has 76 valence electrons. The molecule has 0 heterocycles. The second kappa shape index (κ2) is 4.25. The standard InChI is InChI=1S/C11H20O2/c1-3-4-6-11(13)7-5-9(2)8-10(11)12/h10,12-13H,2-8H2,1H3. The van der Waals surface area contributed by atoms with E-state index in [9.17, 15) is 10.2 Å². The molecular formula is C11H20O2. The molecule has 0 aromatic rings. The van der Waals surface area contributed by atoms with E-state index >= 15 is 0 Å². The van der Waals surface area contributed by atoms with Crippen molar-refractivity contribution in [1.29, 1.82) is 0 Å². The number of unbranched alkanes of at least 4 members (excludes halogenated alkanes) is 1. The molecule has 0 bridgehead atoms. The van der Waals surface area contributed by atoms with Crippen LogP contribution in [0.4, 0.5) is 0 Å². The highest BCUT2D eigenvalue weighted by Gasteiger charge is 2.37. The normalized spacial score (nSPS) is 35.0. The van der Waals surface area contributed by atoms with Crippen molar-refractivity contribution in [3.8, 4) is 0 Å². The third kappa shape index (κ3) is 2.55. The molecule has 0 aliphatic heterocycles. The quantitative estimate of drug-likeness (QED) is 0.659. The van der Waals surface area contributed by atoms with Crippen molar-refractivity contribution in [3.05, 3.63) is 12.2 Å². The van der Waals surface area contributed by atoms with Crippen molar-refractivity contribution in [2.45, 2.75) is 57.2 Å². The average Bonchev–Trinajstić information content (AvgIpc) is 2.09. The van der Waals surface area contributed by atoms with Crippen molar-refractivity contribution < 1.29 is 10.2 Å². The molecule has 0 aromatic heterocycles. The lowest BCUT2D eigenvalue weighted by molar-refractivity contribution is -0.0954. The Morgan fingerprint density at radius 2 is 2.31 bits per heavy atom. The van der Waals surface area contributed by atoms with Gasteiger partial charge in [0.15, 0.2) is 0 Å². The van der Waals surface area contributed by atoms with Gasteiger partial charge in [0.05, 0.1) is 11.7 Å². The number of aliphatic hydroxyl groups excluding tert-OH is 1. The van der Waals surface area contributed by atoms with E-state index in [1.165, 1.54) is 0 Å². The molecule has 0 saturated heterocycles. The molecule has 2 atom stereocenters. The summed E-state index contributed by atoms with van der Waals surface area (Å²) in [7, 11) is 0. The molecule has 1 rings (SSSR count). The van der Waals surface area contributed by atoms with E-state index < -0.39 is 11.7 Å². The Balaban J connectivity index is 2.51. The topological polar surface area (TPSA) is 40.5 Å². The summed E-state index contributed by atoms with van der Waals surface area (Å²) in [5, 5.41) is 19.8. The monoisotopic (exact) mass is 184 g/mol. The molecular weight excluding hydrogens is 164 g/mol. The van der Waals surface area contributed by atoms with Crippen LogP contribution in [0.2, 0.25) is 0 Å². The van der Waals surface area contributed by atoms with E-state index in [0.717, 1.165) is 31.3 Å². The molecule has 2 nitrogen and oxygen atoms in total. The number of aliphatic hydroxyl groups is 2. The summed E-state index contributed by atoms with van der Waals surface area (Å²) in [6.45, 7) is 5.93. The molecule has 0 radical (unpaired) electrons. The second-order valence-corrected chi connectivity index (χ2v) is 4.18. The summed E-state index contributed by atoms with van der Waals surface area (Å²) in [5.74, 6) is 0. The van der Waals surface area contributed by atoms with Crippen LogP contribution >= 0.6 is 0 Å². The first-order valence-corrected chi connectivity index (χ1v) is 5.15. The van der Waals surface area contributed by atoms with Gasteiger partial charge < -0.3 is 10.2 Å². The molecule has 2 unspecified atom stereocenters. The van der Waals surface area contributed by atoms with Gasteiger partial charge in [-0.2, -0.15) is 0 Å². The van der Waals surface area contributed by atoms with Crippen molar-refractivity contribution in [2.24, 2.45) is 0 Å². The molecule has 1 aliphatic carbocycles. The van der Waals surface area contributed by atoms with E-state index in [4.69, 9.17) is 0 Å². The Morgan fingerprint density at radius 3 is 2.85 bits per heavy atom. The van der Waals surface area contributed by atoms with Crippen molar-refractivity contribution in [3.63, 3.8) is 0 Å². The van der Waals surface area contributed by atoms with E-state index in [-0.39, 0.29) is 0 Å². The summed E-state index contributed by atoms with van der Waals surface area (Å²) < 4.78 is 0. The second-order valence-electron chi connectivity index (χ2n) is 4.18. The van der Waals surface area contributed by atoms with Gasteiger partial charge in [0.1, 0.15) is 0 Å². The summed E-state index contributed by atoms with van der Waals surface area (Å²) in [4.78, 5) is 0. The third-order valence-electron chi connectivity index (χ3n) is 2.98. The van der Waals surface area contributed by atoms with Crippen molar-refractivity contribution in [2.75, 3.05) is 0 Å². The maximum absolute atomic E-state index is 10.1. The fraction of sp³-hybridized carbons (Fsp3) is 0.818. The largest absolute Gasteiger partial charge is 0.390 e. The van der Waals surface area contributed by atoms with Gasteiger partial charge in [-0.25, -0.2) is 0 Å². The smallest absolute Gasteiger partial charge is 0.0911 e. The molecule has 1 fully saturated rings. The first-order chi connectivity index (χ1) is 6.08. The van der Waals surface area contributed by atoms with E-state index in [1.54, 1.807) is 0 Å². The molecule has 0 aromatic carbocycles.